The molecule has 9 heteroatoms. The highest BCUT2D eigenvalue weighted by atomic mass is 16.6. The molecule has 0 spiro atoms. The number of nitrogens with zero attached hydrogens (tertiary/aromatic N) is 4. The molecule has 2 aliphatic rings. The summed E-state index contributed by atoms with van der Waals surface area (Å²) in [6.45, 7) is 6.96. The van der Waals surface area contributed by atoms with Crippen molar-refractivity contribution in [2.45, 2.75) is 51.8 Å². The fourth-order valence-corrected chi connectivity index (χ4v) is 3.10. The van der Waals surface area contributed by atoms with Crippen LogP contribution in [0.3, 0.4) is 0 Å². The van der Waals surface area contributed by atoms with Gasteiger partial charge in [0.25, 0.3) is 0 Å². The van der Waals surface area contributed by atoms with Gasteiger partial charge >= 0.3 is 11.8 Å². The fourth-order valence-electron chi connectivity index (χ4n) is 3.10. The van der Waals surface area contributed by atoms with E-state index in [1.165, 1.54) is 9.47 Å². The maximum Gasteiger partial charge on any atom is 0.410 e. The van der Waals surface area contributed by atoms with E-state index in [2.05, 4.69) is 10.2 Å². The van der Waals surface area contributed by atoms with Crippen LogP contribution in [0.15, 0.2) is 4.79 Å². The third-order valence-electron chi connectivity index (χ3n) is 4.17. The van der Waals surface area contributed by atoms with Crippen molar-refractivity contribution in [3.63, 3.8) is 0 Å². The number of fused-ring (bicyclic) bond motifs is 1. The molecule has 24 heavy (non-hydrogen) atoms. The van der Waals surface area contributed by atoms with Gasteiger partial charge in [0.2, 0.25) is 5.91 Å². The van der Waals surface area contributed by atoms with Crippen LogP contribution in [0.1, 0.15) is 45.5 Å². The molecule has 132 valence electrons. The fraction of sp³-hybridized carbons (Fsp3) is 0.733. The van der Waals surface area contributed by atoms with Gasteiger partial charge in [-0.05, 0) is 33.6 Å². The zero-order chi connectivity index (χ0) is 17.5. The van der Waals surface area contributed by atoms with Crippen molar-refractivity contribution in [3.05, 3.63) is 16.3 Å². The molecule has 9 nitrogen and oxygen atoms in total. The van der Waals surface area contributed by atoms with Crippen LogP contribution in [0, 0.1) is 0 Å². The van der Waals surface area contributed by atoms with Gasteiger partial charge in [-0.2, -0.15) is 5.10 Å². The lowest BCUT2D eigenvalue weighted by atomic mass is 10.1. The standard InChI is InChI=1S/C15H23N5O4/c1-15(2,3)24-14(23)19-8-10(12(21)18-6-4-5-7-18)20-11(9-19)16-17-13(20)22/h10H,4-9H2,1-3H3,(H,17,22). The normalized spacial score (nSPS) is 20.9. The van der Waals surface area contributed by atoms with Gasteiger partial charge in [0, 0.05) is 13.1 Å². The van der Waals surface area contributed by atoms with Gasteiger partial charge < -0.3 is 9.64 Å². The first-order valence-corrected chi connectivity index (χ1v) is 8.19. The van der Waals surface area contributed by atoms with Crippen molar-refractivity contribution in [1.29, 1.82) is 0 Å². The van der Waals surface area contributed by atoms with Crippen LogP contribution in [0.5, 0.6) is 0 Å². The Morgan fingerprint density at radius 2 is 1.88 bits per heavy atom. The predicted octanol–water partition coefficient (Wildman–Crippen LogP) is 0.486. The first-order chi connectivity index (χ1) is 11.3. The zero-order valence-corrected chi connectivity index (χ0v) is 14.2. The number of ether oxygens (including phenoxy) is 1. The van der Waals surface area contributed by atoms with Gasteiger partial charge in [-0.3, -0.25) is 14.3 Å². The summed E-state index contributed by atoms with van der Waals surface area (Å²) >= 11 is 0. The van der Waals surface area contributed by atoms with Crippen LogP contribution in [0.2, 0.25) is 0 Å². The molecule has 2 amide bonds. The molecule has 1 unspecified atom stereocenters. The molecule has 2 aliphatic heterocycles. The summed E-state index contributed by atoms with van der Waals surface area (Å²) in [6.07, 6.45) is 1.41. The van der Waals surface area contributed by atoms with Crippen molar-refractivity contribution >= 4 is 12.0 Å². The number of carbonyl (C=O) groups is 2. The summed E-state index contributed by atoms with van der Waals surface area (Å²) in [6, 6.07) is -0.759. The van der Waals surface area contributed by atoms with Crippen molar-refractivity contribution in [1.82, 2.24) is 24.6 Å². The lowest BCUT2D eigenvalue weighted by molar-refractivity contribution is -0.135. The van der Waals surface area contributed by atoms with E-state index in [1.54, 1.807) is 25.7 Å². The highest BCUT2D eigenvalue weighted by molar-refractivity contribution is 5.82. The van der Waals surface area contributed by atoms with E-state index < -0.39 is 23.4 Å². The molecule has 0 aliphatic carbocycles. The average molecular weight is 337 g/mol. The highest BCUT2D eigenvalue weighted by Gasteiger charge is 2.38. The Labute approximate surface area is 139 Å². The molecule has 1 aromatic heterocycles. The largest absolute Gasteiger partial charge is 0.444 e. The van der Waals surface area contributed by atoms with Gasteiger partial charge in [0.1, 0.15) is 11.6 Å². The summed E-state index contributed by atoms with van der Waals surface area (Å²) in [4.78, 5) is 40.4. The van der Waals surface area contributed by atoms with E-state index in [1.807, 2.05) is 0 Å². The first-order valence-electron chi connectivity index (χ1n) is 8.19. The second-order valence-corrected chi connectivity index (χ2v) is 7.22. The number of aromatic nitrogens is 3. The quantitative estimate of drug-likeness (QED) is 0.803. The predicted molar refractivity (Wildman–Crippen MR) is 84.3 cm³/mol. The second kappa shape index (κ2) is 5.95. The molecule has 1 atom stereocenters. The Kier molecular flexibility index (Phi) is 4.10. The lowest BCUT2D eigenvalue weighted by Gasteiger charge is -2.35. The summed E-state index contributed by atoms with van der Waals surface area (Å²) in [5, 5.41) is 6.32. The van der Waals surface area contributed by atoms with Gasteiger partial charge in [0.15, 0.2) is 5.82 Å². The molecule has 3 rings (SSSR count). The van der Waals surface area contributed by atoms with Gasteiger partial charge in [-0.25, -0.2) is 14.7 Å². The van der Waals surface area contributed by atoms with Crippen LogP contribution in [0.4, 0.5) is 4.79 Å². The molecular formula is C15H23N5O4. The van der Waals surface area contributed by atoms with Crippen LogP contribution in [0.25, 0.3) is 0 Å². The molecular weight excluding hydrogens is 314 g/mol. The van der Waals surface area contributed by atoms with Crippen molar-refractivity contribution in [2.24, 2.45) is 0 Å². The minimum absolute atomic E-state index is 0.108. The minimum Gasteiger partial charge on any atom is -0.444 e. The van der Waals surface area contributed by atoms with Crippen LogP contribution in [-0.2, 0) is 16.1 Å². The van der Waals surface area contributed by atoms with Crippen molar-refractivity contribution in [2.75, 3.05) is 19.6 Å². The van der Waals surface area contributed by atoms with E-state index in [-0.39, 0.29) is 19.0 Å². The molecule has 0 saturated carbocycles. The van der Waals surface area contributed by atoms with Gasteiger partial charge in [-0.15, -0.1) is 0 Å². The summed E-state index contributed by atoms with van der Waals surface area (Å²) in [5.74, 6) is 0.222. The Bertz CT molecular complexity index is 695. The molecule has 1 N–H and O–H groups in total. The SMILES string of the molecule is CC(C)(C)OC(=O)N1Cc2n[nH]c(=O)n2C(C(=O)N2CCCC2)C1. The Hall–Kier alpha value is -2.32. The molecule has 0 radical (unpaired) electrons. The third-order valence-corrected chi connectivity index (χ3v) is 4.17. The number of hydrogen-bond donors (Lipinski definition) is 1. The number of carbonyl (C=O) groups excluding carboxylic acids is 2. The van der Waals surface area contributed by atoms with E-state index in [0.29, 0.717) is 18.9 Å². The summed E-state index contributed by atoms with van der Waals surface area (Å²) in [5.41, 5.74) is -1.06. The van der Waals surface area contributed by atoms with Crippen LogP contribution >= 0.6 is 0 Å². The van der Waals surface area contributed by atoms with Gasteiger partial charge in [0.05, 0.1) is 13.1 Å². The Morgan fingerprint density at radius 1 is 1.21 bits per heavy atom. The number of amides is 2. The minimum atomic E-state index is -0.759. The number of hydrogen-bond acceptors (Lipinski definition) is 5. The second-order valence-electron chi connectivity index (χ2n) is 7.22. The van der Waals surface area contributed by atoms with Crippen LogP contribution < -0.4 is 5.69 Å². The zero-order valence-electron chi connectivity index (χ0n) is 14.2. The van der Waals surface area contributed by atoms with Crippen molar-refractivity contribution in [3.8, 4) is 0 Å². The van der Waals surface area contributed by atoms with E-state index in [4.69, 9.17) is 4.74 Å². The van der Waals surface area contributed by atoms with E-state index >= 15 is 0 Å². The average Bonchev–Trinajstić information content (AvgIpc) is 3.14. The Morgan fingerprint density at radius 3 is 2.50 bits per heavy atom. The van der Waals surface area contributed by atoms with Gasteiger partial charge in [-0.1, -0.05) is 0 Å². The summed E-state index contributed by atoms with van der Waals surface area (Å²) < 4.78 is 6.75. The smallest absolute Gasteiger partial charge is 0.410 e. The van der Waals surface area contributed by atoms with Crippen molar-refractivity contribution < 1.29 is 14.3 Å². The monoisotopic (exact) mass is 337 g/mol. The maximum atomic E-state index is 12.8. The first kappa shape index (κ1) is 16.5. The molecule has 0 aromatic carbocycles. The third kappa shape index (κ3) is 3.15. The number of H-pyrrole nitrogens is 1. The number of nitrogens with one attached hydrogen (secondary N) is 1. The number of aromatic amines is 1. The molecule has 1 saturated heterocycles. The summed E-state index contributed by atoms with van der Waals surface area (Å²) in [7, 11) is 0. The molecule has 0 bridgehead atoms. The van der Waals surface area contributed by atoms with Crippen LogP contribution in [-0.4, -0.2) is 61.8 Å². The topological polar surface area (TPSA) is 101 Å². The molecule has 3 heterocycles. The van der Waals surface area contributed by atoms with E-state index in [9.17, 15) is 14.4 Å². The Balaban J connectivity index is 1.86. The maximum absolute atomic E-state index is 12.8. The number of likely N-dealkylation sites (tertiary alicyclic amines) is 1. The van der Waals surface area contributed by atoms with E-state index in [0.717, 1.165) is 12.8 Å². The lowest BCUT2D eigenvalue weighted by Crippen LogP contribution is -2.50. The highest BCUT2D eigenvalue weighted by Crippen LogP contribution is 2.23. The molecule has 1 aromatic rings. The molecule has 1 fully saturated rings. The number of rotatable bonds is 1.